The molecule has 1 unspecified atom stereocenters. The Balaban J connectivity index is 2.14. The summed E-state index contributed by atoms with van der Waals surface area (Å²) in [6.45, 7) is 5.66. The van der Waals surface area contributed by atoms with Crippen LogP contribution in [0.2, 0.25) is 0 Å². The van der Waals surface area contributed by atoms with Crippen LogP contribution < -0.4 is 5.32 Å². The van der Waals surface area contributed by atoms with E-state index in [2.05, 4.69) is 22.6 Å². The van der Waals surface area contributed by atoms with Crippen LogP contribution in [-0.2, 0) is 5.60 Å². The van der Waals surface area contributed by atoms with E-state index in [-0.39, 0.29) is 0 Å². The third-order valence-electron chi connectivity index (χ3n) is 3.32. The van der Waals surface area contributed by atoms with E-state index in [4.69, 9.17) is 0 Å². The number of para-hydroxylation sites is 1. The van der Waals surface area contributed by atoms with Crippen LogP contribution in [0.15, 0.2) is 36.5 Å². The van der Waals surface area contributed by atoms with Crippen molar-refractivity contribution in [2.24, 2.45) is 0 Å². The fourth-order valence-corrected chi connectivity index (χ4v) is 2.12. The van der Waals surface area contributed by atoms with Gasteiger partial charge in [-0.15, -0.1) is 5.10 Å². The first-order chi connectivity index (χ1) is 9.65. The largest absolute Gasteiger partial charge is 0.384 e. The van der Waals surface area contributed by atoms with Gasteiger partial charge in [0, 0.05) is 0 Å². The second-order valence-electron chi connectivity index (χ2n) is 5.14. The van der Waals surface area contributed by atoms with Crippen molar-refractivity contribution in [2.45, 2.75) is 32.3 Å². The molecule has 108 valence electrons. The summed E-state index contributed by atoms with van der Waals surface area (Å²) in [6, 6.07) is 9.73. The normalized spacial score (nSPS) is 14.2. The molecule has 1 atom stereocenters. The first-order valence-corrected chi connectivity index (χ1v) is 7.05. The molecule has 0 spiro atoms. The van der Waals surface area contributed by atoms with Crippen LogP contribution in [0, 0.1) is 0 Å². The van der Waals surface area contributed by atoms with Crippen LogP contribution >= 0.6 is 0 Å². The smallest absolute Gasteiger partial charge is 0.107 e. The van der Waals surface area contributed by atoms with Crippen molar-refractivity contribution in [2.75, 3.05) is 13.1 Å². The molecule has 0 aliphatic rings. The second kappa shape index (κ2) is 6.63. The molecule has 0 aliphatic heterocycles. The number of rotatable bonds is 7. The number of aliphatic hydroxyl groups is 1. The standard InChI is InChI=1S/C15H22N4O/c1-3-10-16-11-9-15(2,20)14-12-17-18-19(14)13-7-5-4-6-8-13/h4-8,12,16,20H,3,9-11H2,1-2H3. The Morgan fingerprint density at radius 2 is 2.00 bits per heavy atom. The Labute approximate surface area is 119 Å². The summed E-state index contributed by atoms with van der Waals surface area (Å²) in [5.41, 5.74) is 0.656. The van der Waals surface area contributed by atoms with E-state index in [0.29, 0.717) is 12.1 Å². The lowest BCUT2D eigenvalue weighted by atomic mass is 9.98. The monoisotopic (exact) mass is 274 g/mol. The number of nitrogens with one attached hydrogen (secondary N) is 1. The molecule has 0 radical (unpaired) electrons. The van der Waals surface area contributed by atoms with Gasteiger partial charge >= 0.3 is 0 Å². The molecule has 0 fully saturated rings. The predicted octanol–water partition coefficient (Wildman–Crippen LogP) is 1.86. The van der Waals surface area contributed by atoms with Gasteiger partial charge in [0.05, 0.1) is 17.6 Å². The molecule has 0 saturated heterocycles. The van der Waals surface area contributed by atoms with Gasteiger partial charge in [-0.1, -0.05) is 30.3 Å². The molecule has 0 bridgehead atoms. The lowest BCUT2D eigenvalue weighted by molar-refractivity contribution is 0.0411. The van der Waals surface area contributed by atoms with Gasteiger partial charge in [-0.05, 0) is 45.0 Å². The van der Waals surface area contributed by atoms with Crippen LogP contribution in [-0.4, -0.2) is 33.2 Å². The summed E-state index contributed by atoms with van der Waals surface area (Å²) in [6.07, 6.45) is 3.34. The lowest BCUT2D eigenvalue weighted by Gasteiger charge is -2.23. The van der Waals surface area contributed by atoms with Gasteiger partial charge in [0.1, 0.15) is 5.60 Å². The zero-order valence-electron chi connectivity index (χ0n) is 12.1. The number of aromatic nitrogens is 3. The van der Waals surface area contributed by atoms with Crippen molar-refractivity contribution in [1.82, 2.24) is 20.3 Å². The molecular formula is C15H22N4O. The molecule has 2 aromatic rings. The Morgan fingerprint density at radius 1 is 1.25 bits per heavy atom. The Hall–Kier alpha value is -1.72. The summed E-state index contributed by atoms with van der Waals surface area (Å²) in [4.78, 5) is 0. The summed E-state index contributed by atoms with van der Waals surface area (Å²) < 4.78 is 1.69. The molecule has 1 aromatic carbocycles. The van der Waals surface area contributed by atoms with E-state index in [9.17, 15) is 5.11 Å². The van der Waals surface area contributed by atoms with E-state index in [1.807, 2.05) is 30.3 Å². The summed E-state index contributed by atoms with van der Waals surface area (Å²) >= 11 is 0. The molecule has 2 rings (SSSR count). The van der Waals surface area contributed by atoms with Crippen molar-refractivity contribution in [3.63, 3.8) is 0 Å². The molecule has 20 heavy (non-hydrogen) atoms. The van der Waals surface area contributed by atoms with Crippen LogP contribution in [0.5, 0.6) is 0 Å². The van der Waals surface area contributed by atoms with Gasteiger partial charge in [-0.2, -0.15) is 0 Å². The maximum atomic E-state index is 10.7. The van der Waals surface area contributed by atoms with Crippen molar-refractivity contribution in [3.05, 3.63) is 42.2 Å². The van der Waals surface area contributed by atoms with Gasteiger partial charge in [0.15, 0.2) is 0 Å². The van der Waals surface area contributed by atoms with Crippen molar-refractivity contribution >= 4 is 0 Å². The molecule has 1 heterocycles. The van der Waals surface area contributed by atoms with Gasteiger partial charge in [-0.25, -0.2) is 4.68 Å². The summed E-state index contributed by atoms with van der Waals surface area (Å²) in [5.74, 6) is 0. The third-order valence-corrected chi connectivity index (χ3v) is 3.32. The van der Waals surface area contributed by atoms with Crippen molar-refractivity contribution in [1.29, 1.82) is 0 Å². The van der Waals surface area contributed by atoms with Crippen LogP contribution in [0.3, 0.4) is 0 Å². The first kappa shape index (κ1) is 14.7. The Kier molecular flexibility index (Phi) is 4.87. The van der Waals surface area contributed by atoms with Crippen LogP contribution in [0.1, 0.15) is 32.4 Å². The molecular weight excluding hydrogens is 252 g/mol. The highest BCUT2D eigenvalue weighted by Gasteiger charge is 2.27. The predicted molar refractivity (Wildman–Crippen MR) is 78.7 cm³/mol. The minimum Gasteiger partial charge on any atom is -0.384 e. The van der Waals surface area contributed by atoms with E-state index in [0.717, 1.165) is 25.2 Å². The average Bonchev–Trinajstić information content (AvgIpc) is 2.95. The van der Waals surface area contributed by atoms with E-state index in [1.54, 1.807) is 17.8 Å². The van der Waals surface area contributed by atoms with Gasteiger partial charge in [-0.3, -0.25) is 0 Å². The quantitative estimate of drug-likeness (QED) is 0.757. The lowest BCUT2D eigenvalue weighted by Crippen LogP contribution is -2.30. The second-order valence-corrected chi connectivity index (χ2v) is 5.14. The minimum atomic E-state index is -0.958. The van der Waals surface area contributed by atoms with Gasteiger partial charge < -0.3 is 10.4 Å². The number of hydrogen-bond acceptors (Lipinski definition) is 4. The van der Waals surface area contributed by atoms with Crippen LogP contribution in [0.4, 0.5) is 0 Å². The van der Waals surface area contributed by atoms with E-state index in [1.165, 1.54) is 0 Å². The SMILES string of the molecule is CCCNCCC(C)(O)c1cnnn1-c1ccccc1. The maximum absolute atomic E-state index is 10.7. The zero-order valence-corrected chi connectivity index (χ0v) is 12.1. The molecule has 0 amide bonds. The summed E-state index contributed by atoms with van der Waals surface area (Å²) in [5, 5.41) is 22.0. The van der Waals surface area contributed by atoms with Gasteiger partial charge in [0.2, 0.25) is 0 Å². The minimum absolute atomic E-state index is 0.618. The molecule has 5 heteroatoms. The highest BCUT2D eigenvalue weighted by Crippen LogP contribution is 2.25. The number of nitrogens with zero attached hydrogens (tertiary/aromatic N) is 3. The Morgan fingerprint density at radius 3 is 2.70 bits per heavy atom. The molecule has 5 nitrogen and oxygen atoms in total. The third kappa shape index (κ3) is 3.43. The molecule has 1 aromatic heterocycles. The molecule has 0 saturated carbocycles. The highest BCUT2D eigenvalue weighted by atomic mass is 16.3. The average molecular weight is 274 g/mol. The zero-order chi connectivity index (χ0) is 14.4. The summed E-state index contributed by atoms with van der Waals surface area (Å²) in [7, 11) is 0. The fourth-order valence-electron chi connectivity index (χ4n) is 2.12. The maximum Gasteiger partial charge on any atom is 0.107 e. The van der Waals surface area contributed by atoms with Crippen molar-refractivity contribution in [3.8, 4) is 5.69 Å². The van der Waals surface area contributed by atoms with Gasteiger partial charge in [0.25, 0.3) is 0 Å². The topological polar surface area (TPSA) is 63.0 Å². The molecule has 2 N–H and O–H groups in total. The van der Waals surface area contributed by atoms with Crippen molar-refractivity contribution < 1.29 is 5.11 Å². The fraction of sp³-hybridized carbons (Fsp3) is 0.467. The van der Waals surface area contributed by atoms with Crippen LogP contribution in [0.25, 0.3) is 5.69 Å². The highest BCUT2D eigenvalue weighted by molar-refractivity contribution is 5.32. The van der Waals surface area contributed by atoms with E-state index < -0.39 is 5.60 Å². The molecule has 0 aliphatic carbocycles. The Bertz CT molecular complexity index is 522. The van der Waals surface area contributed by atoms with E-state index >= 15 is 0 Å². The number of hydrogen-bond donors (Lipinski definition) is 2. The number of benzene rings is 1. The first-order valence-electron chi connectivity index (χ1n) is 7.05.